The molecule has 0 N–H and O–H groups in total. The summed E-state index contributed by atoms with van der Waals surface area (Å²) >= 11 is 0. The first-order valence-electron chi connectivity index (χ1n) is 38.5. The predicted molar refractivity (Wildman–Crippen MR) is 363 cm³/mol. The summed E-state index contributed by atoms with van der Waals surface area (Å²) in [6.07, 6.45) is 87.3. The van der Waals surface area contributed by atoms with E-state index in [4.69, 9.17) is 14.2 Å². The second kappa shape index (κ2) is 72.9. The summed E-state index contributed by atoms with van der Waals surface area (Å²) in [5, 5.41) is 0. The molecule has 0 fully saturated rings. The van der Waals surface area contributed by atoms with Gasteiger partial charge in [-0.1, -0.05) is 419 Å². The van der Waals surface area contributed by atoms with Crippen molar-refractivity contribution in [1.29, 1.82) is 0 Å². The van der Waals surface area contributed by atoms with Crippen LogP contribution in [0.4, 0.5) is 0 Å². The van der Waals surface area contributed by atoms with Crippen molar-refractivity contribution in [3.05, 3.63) is 0 Å². The fraction of sp³-hybridized carbons (Fsp3) is 0.961. The van der Waals surface area contributed by atoms with Crippen LogP contribution in [0.1, 0.15) is 457 Å². The third-order valence-electron chi connectivity index (χ3n) is 18.1. The van der Waals surface area contributed by atoms with E-state index in [-0.39, 0.29) is 31.1 Å². The Morgan fingerprint density at radius 2 is 0.325 bits per heavy atom. The predicted octanol–water partition coefficient (Wildman–Crippen LogP) is 26.6. The number of rotatable bonds is 73. The SMILES string of the molecule is CCCCCCCCCCCCCCCCCCCCCCCCCCCCCCCC(=O)OCC(COC(=O)CCCCCCCCCCCCCCCCCCCC)OC(=O)CCCCCCCCCCCCCCCCCCCC. The number of carbonyl (C=O) groups excluding carboxylic acids is 3. The fourth-order valence-corrected chi connectivity index (χ4v) is 12.3. The van der Waals surface area contributed by atoms with Gasteiger partial charge in [0.25, 0.3) is 0 Å². The van der Waals surface area contributed by atoms with Crippen molar-refractivity contribution in [3.63, 3.8) is 0 Å². The Bertz CT molecular complexity index is 1250. The summed E-state index contributed by atoms with van der Waals surface area (Å²) in [4.78, 5) is 38.5. The normalized spacial score (nSPS) is 11.9. The van der Waals surface area contributed by atoms with Gasteiger partial charge in [-0.2, -0.15) is 0 Å². The second-order valence-corrected chi connectivity index (χ2v) is 26.6. The molecule has 0 bridgehead atoms. The van der Waals surface area contributed by atoms with E-state index in [0.717, 1.165) is 57.8 Å². The molecule has 494 valence electrons. The highest BCUT2D eigenvalue weighted by Crippen LogP contribution is 2.20. The summed E-state index contributed by atoms with van der Waals surface area (Å²) in [5.74, 6) is -0.814. The van der Waals surface area contributed by atoms with E-state index in [1.165, 1.54) is 360 Å². The number of hydrogen-bond acceptors (Lipinski definition) is 6. The van der Waals surface area contributed by atoms with Gasteiger partial charge in [0.15, 0.2) is 6.10 Å². The Morgan fingerprint density at radius 1 is 0.193 bits per heavy atom. The number of ether oxygens (including phenoxy) is 3. The molecular weight excluding hydrogens is 1020 g/mol. The lowest BCUT2D eigenvalue weighted by molar-refractivity contribution is -0.167. The van der Waals surface area contributed by atoms with Crippen molar-refractivity contribution >= 4 is 17.9 Å². The van der Waals surface area contributed by atoms with Crippen LogP contribution >= 0.6 is 0 Å². The van der Waals surface area contributed by atoms with E-state index >= 15 is 0 Å². The van der Waals surface area contributed by atoms with Crippen LogP contribution in [0.25, 0.3) is 0 Å². The molecule has 1 unspecified atom stereocenters. The molecular formula is C77H150O6. The quantitative estimate of drug-likeness (QED) is 0.0343. The van der Waals surface area contributed by atoms with Gasteiger partial charge in [-0.15, -0.1) is 0 Å². The van der Waals surface area contributed by atoms with Gasteiger partial charge in [-0.05, 0) is 19.3 Å². The lowest BCUT2D eigenvalue weighted by atomic mass is 10.0. The largest absolute Gasteiger partial charge is 0.462 e. The molecule has 1 atom stereocenters. The molecule has 0 heterocycles. The van der Waals surface area contributed by atoms with Crippen molar-refractivity contribution < 1.29 is 28.6 Å². The Balaban J connectivity index is 4.18. The summed E-state index contributed by atoms with van der Waals surface area (Å²) in [5.41, 5.74) is 0. The van der Waals surface area contributed by atoms with E-state index in [2.05, 4.69) is 20.8 Å². The first-order chi connectivity index (χ1) is 41.0. The maximum absolute atomic E-state index is 13.0. The van der Waals surface area contributed by atoms with Gasteiger partial charge in [-0.3, -0.25) is 14.4 Å². The number of hydrogen-bond donors (Lipinski definition) is 0. The monoisotopic (exact) mass is 1170 g/mol. The lowest BCUT2D eigenvalue weighted by Crippen LogP contribution is -2.30. The average Bonchev–Trinajstić information content (AvgIpc) is 3.49. The van der Waals surface area contributed by atoms with E-state index in [9.17, 15) is 14.4 Å². The van der Waals surface area contributed by atoms with Gasteiger partial charge in [-0.25, -0.2) is 0 Å². The molecule has 0 aromatic carbocycles. The van der Waals surface area contributed by atoms with E-state index < -0.39 is 6.10 Å². The first-order valence-corrected chi connectivity index (χ1v) is 38.5. The molecule has 0 rings (SSSR count). The molecule has 0 saturated carbocycles. The van der Waals surface area contributed by atoms with Crippen LogP contribution in [0, 0.1) is 0 Å². The fourth-order valence-electron chi connectivity index (χ4n) is 12.3. The Hall–Kier alpha value is -1.59. The van der Waals surface area contributed by atoms with Crippen LogP contribution in [0.2, 0.25) is 0 Å². The van der Waals surface area contributed by atoms with Crippen LogP contribution in [0.15, 0.2) is 0 Å². The molecule has 0 amide bonds. The minimum absolute atomic E-state index is 0.0598. The Kier molecular flexibility index (Phi) is 71.5. The summed E-state index contributed by atoms with van der Waals surface area (Å²) in [6.45, 7) is 6.76. The molecule has 0 aliphatic rings. The van der Waals surface area contributed by atoms with Gasteiger partial charge >= 0.3 is 17.9 Å². The highest BCUT2D eigenvalue weighted by molar-refractivity contribution is 5.71. The smallest absolute Gasteiger partial charge is 0.306 e. The van der Waals surface area contributed by atoms with Gasteiger partial charge in [0.1, 0.15) is 13.2 Å². The highest BCUT2D eigenvalue weighted by atomic mass is 16.6. The van der Waals surface area contributed by atoms with Crippen molar-refractivity contribution in [2.24, 2.45) is 0 Å². The topological polar surface area (TPSA) is 78.9 Å². The standard InChI is InChI=1S/C77H150O6/c1-4-7-10-13-16-19-22-25-28-31-34-35-36-37-38-39-40-41-42-43-44-47-49-52-55-58-61-64-67-70-76(79)82-73-74(83-77(80)71-68-65-62-59-56-53-50-46-33-30-27-24-21-18-15-12-9-6-3)72-81-75(78)69-66-63-60-57-54-51-48-45-32-29-26-23-20-17-14-11-8-5-2/h74H,4-73H2,1-3H3. The maximum Gasteiger partial charge on any atom is 0.306 e. The van der Waals surface area contributed by atoms with Gasteiger partial charge < -0.3 is 14.2 Å². The zero-order valence-electron chi connectivity index (χ0n) is 57.0. The lowest BCUT2D eigenvalue weighted by Gasteiger charge is -2.18. The van der Waals surface area contributed by atoms with Gasteiger partial charge in [0, 0.05) is 19.3 Å². The molecule has 0 aromatic rings. The zero-order chi connectivity index (χ0) is 59.9. The van der Waals surface area contributed by atoms with Crippen LogP contribution in [0.3, 0.4) is 0 Å². The summed E-state index contributed by atoms with van der Waals surface area (Å²) in [7, 11) is 0. The van der Waals surface area contributed by atoms with Crippen LogP contribution in [-0.4, -0.2) is 37.2 Å². The average molecular weight is 1170 g/mol. The van der Waals surface area contributed by atoms with Crippen LogP contribution < -0.4 is 0 Å². The van der Waals surface area contributed by atoms with Crippen molar-refractivity contribution in [2.45, 2.75) is 463 Å². The van der Waals surface area contributed by atoms with Gasteiger partial charge in [0.2, 0.25) is 0 Å². The Morgan fingerprint density at radius 3 is 0.482 bits per heavy atom. The number of esters is 3. The molecule has 83 heavy (non-hydrogen) atoms. The Labute approximate surface area is 520 Å². The second-order valence-electron chi connectivity index (χ2n) is 26.6. The number of carbonyl (C=O) groups is 3. The third kappa shape index (κ3) is 71.1. The van der Waals surface area contributed by atoms with Gasteiger partial charge in [0.05, 0.1) is 0 Å². The molecule has 0 radical (unpaired) electrons. The molecule has 0 aromatic heterocycles. The van der Waals surface area contributed by atoms with Crippen LogP contribution in [0.5, 0.6) is 0 Å². The highest BCUT2D eigenvalue weighted by Gasteiger charge is 2.20. The molecule has 0 aliphatic carbocycles. The van der Waals surface area contributed by atoms with E-state index in [1.807, 2.05) is 0 Å². The van der Waals surface area contributed by atoms with Crippen molar-refractivity contribution in [2.75, 3.05) is 13.2 Å². The van der Waals surface area contributed by atoms with Crippen molar-refractivity contribution in [3.8, 4) is 0 Å². The third-order valence-corrected chi connectivity index (χ3v) is 18.1. The minimum atomic E-state index is -0.764. The molecule has 0 spiro atoms. The minimum Gasteiger partial charge on any atom is -0.462 e. The molecule has 6 heteroatoms. The summed E-state index contributed by atoms with van der Waals surface area (Å²) < 4.78 is 17.1. The number of unbranched alkanes of at least 4 members (excludes halogenated alkanes) is 62. The van der Waals surface area contributed by atoms with E-state index in [0.29, 0.717) is 19.3 Å². The van der Waals surface area contributed by atoms with Crippen molar-refractivity contribution in [1.82, 2.24) is 0 Å². The molecule has 0 aliphatic heterocycles. The molecule has 0 saturated heterocycles. The summed E-state index contributed by atoms with van der Waals surface area (Å²) in [6, 6.07) is 0. The molecule has 6 nitrogen and oxygen atoms in total. The van der Waals surface area contributed by atoms with E-state index in [1.54, 1.807) is 0 Å². The zero-order valence-corrected chi connectivity index (χ0v) is 57.0. The first kappa shape index (κ1) is 81.4. The maximum atomic E-state index is 13.0. The van der Waals surface area contributed by atoms with Crippen LogP contribution in [-0.2, 0) is 28.6 Å².